The SMILES string of the molecule is CCCC(CCC)(C(=O)O)c1ccc(Cl)c(Cl)c1. The molecule has 100 valence electrons. The third kappa shape index (κ3) is 2.99. The molecule has 0 aliphatic rings. The summed E-state index contributed by atoms with van der Waals surface area (Å²) in [5.41, 5.74) is -0.106. The van der Waals surface area contributed by atoms with Crippen LogP contribution in [0.1, 0.15) is 45.1 Å². The molecule has 1 aromatic rings. The highest BCUT2D eigenvalue weighted by Gasteiger charge is 2.38. The number of carboxylic acid groups (broad SMARTS) is 1. The molecule has 0 saturated heterocycles. The molecule has 0 fully saturated rings. The van der Waals surface area contributed by atoms with Crippen LogP contribution in [0.15, 0.2) is 18.2 Å². The zero-order valence-corrected chi connectivity index (χ0v) is 12.2. The number of hydrogen-bond acceptors (Lipinski definition) is 1. The Kier molecular flexibility index (Phi) is 5.48. The molecule has 0 aromatic heterocycles. The van der Waals surface area contributed by atoms with Crippen molar-refractivity contribution in [3.63, 3.8) is 0 Å². The Morgan fingerprint density at radius 2 is 1.72 bits per heavy atom. The zero-order chi connectivity index (χ0) is 13.8. The van der Waals surface area contributed by atoms with Gasteiger partial charge in [-0.1, -0.05) is 56.0 Å². The summed E-state index contributed by atoms with van der Waals surface area (Å²) in [6, 6.07) is 5.12. The summed E-state index contributed by atoms with van der Waals surface area (Å²) in [5, 5.41) is 10.5. The molecule has 0 unspecified atom stereocenters. The van der Waals surface area contributed by atoms with E-state index in [1.54, 1.807) is 18.2 Å². The summed E-state index contributed by atoms with van der Waals surface area (Å²) in [5.74, 6) is -0.787. The first kappa shape index (κ1) is 15.3. The Labute approximate surface area is 118 Å². The minimum atomic E-state index is -0.849. The molecule has 0 heterocycles. The third-order valence-electron chi connectivity index (χ3n) is 3.24. The van der Waals surface area contributed by atoms with Crippen LogP contribution in [-0.4, -0.2) is 11.1 Å². The summed E-state index contributed by atoms with van der Waals surface area (Å²) in [7, 11) is 0. The maximum atomic E-state index is 11.7. The van der Waals surface area contributed by atoms with Crippen molar-refractivity contribution in [2.24, 2.45) is 0 Å². The molecule has 0 radical (unpaired) electrons. The van der Waals surface area contributed by atoms with Crippen LogP contribution in [-0.2, 0) is 10.2 Å². The van der Waals surface area contributed by atoms with Gasteiger partial charge in [0.2, 0.25) is 0 Å². The summed E-state index contributed by atoms with van der Waals surface area (Å²) in [6.45, 7) is 3.98. The lowest BCUT2D eigenvalue weighted by atomic mass is 9.73. The number of benzene rings is 1. The molecule has 0 bridgehead atoms. The molecular weight excluding hydrogens is 271 g/mol. The number of aliphatic carboxylic acids is 1. The summed E-state index contributed by atoms with van der Waals surface area (Å²) < 4.78 is 0. The molecule has 0 saturated carbocycles. The van der Waals surface area contributed by atoms with E-state index in [0.29, 0.717) is 22.9 Å². The lowest BCUT2D eigenvalue weighted by Crippen LogP contribution is -2.35. The van der Waals surface area contributed by atoms with Crippen molar-refractivity contribution in [3.05, 3.63) is 33.8 Å². The van der Waals surface area contributed by atoms with Gasteiger partial charge in [-0.25, -0.2) is 0 Å². The first-order valence-corrected chi connectivity index (χ1v) is 6.92. The van der Waals surface area contributed by atoms with E-state index in [0.717, 1.165) is 18.4 Å². The van der Waals surface area contributed by atoms with Crippen molar-refractivity contribution in [3.8, 4) is 0 Å². The van der Waals surface area contributed by atoms with E-state index in [9.17, 15) is 9.90 Å². The minimum Gasteiger partial charge on any atom is -0.481 e. The molecule has 0 aliphatic carbocycles. The Balaban J connectivity index is 3.30. The topological polar surface area (TPSA) is 37.3 Å². The second-order valence-electron chi connectivity index (χ2n) is 4.52. The van der Waals surface area contributed by atoms with Crippen molar-refractivity contribution < 1.29 is 9.90 Å². The average molecular weight is 289 g/mol. The first-order valence-electron chi connectivity index (χ1n) is 6.17. The van der Waals surface area contributed by atoms with E-state index in [4.69, 9.17) is 23.2 Å². The number of halogens is 2. The monoisotopic (exact) mass is 288 g/mol. The van der Waals surface area contributed by atoms with E-state index in [-0.39, 0.29) is 0 Å². The van der Waals surface area contributed by atoms with E-state index in [2.05, 4.69) is 0 Å². The lowest BCUT2D eigenvalue weighted by Gasteiger charge is -2.29. The molecule has 0 atom stereocenters. The highest BCUT2D eigenvalue weighted by atomic mass is 35.5. The minimum absolute atomic E-state index is 0.409. The van der Waals surface area contributed by atoms with Gasteiger partial charge in [-0.05, 0) is 30.5 Å². The highest BCUT2D eigenvalue weighted by molar-refractivity contribution is 6.42. The highest BCUT2D eigenvalue weighted by Crippen LogP contribution is 2.37. The third-order valence-corrected chi connectivity index (χ3v) is 3.97. The quantitative estimate of drug-likeness (QED) is 0.807. The number of carbonyl (C=O) groups is 1. The molecule has 1 N–H and O–H groups in total. The Bertz CT molecular complexity index is 424. The van der Waals surface area contributed by atoms with Gasteiger partial charge < -0.3 is 5.11 Å². The van der Waals surface area contributed by atoms with Gasteiger partial charge in [0.1, 0.15) is 0 Å². The molecule has 1 aromatic carbocycles. The lowest BCUT2D eigenvalue weighted by molar-refractivity contribution is -0.144. The van der Waals surface area contributed by atoms with Crippen molar-refractivity contribution in [2.45, 2.75) is 44.9 Å². The van der Waals surface area contributed by atoms with E-state index in [1.165, 1.54) is 0 Å². The molecule has 0 amide bonds. The Hall–Kier alpha value is -0.730. The van der Waals surface area contributed by atoms with Crippen LogP contribution >= 0.6 is 23.2 Å². The second-order valence-corrected chi connectivity index (χ2v) is 5.33. The van der Waals surface area contributed by atoms with Crippen molar-refractivity contribution in [1.82, 2.24) is 0 Å². The fourth-order valence-electron chi connectivity index (χ4n) is 2.40. The molecule has 1 rings (SSSR count). The maximum absolute atomic E-state index is 11.7. The van der Waals surface area contributed by atoms with Crippen LogP contribution in [0.2, 0.25) is 10.0 Å². The van der Waals surface area contributed by atoms with Crippen LogP contribution in [0, 0.1) is 0 Å². The fraction of sp³-hybridized carbons (Fsp3) is 0.500. The van der Waals surface area contributed by atoms with Crippen LogP contribution in [0.4, 0.5) is 0 Å². The van der Waals surface area contributed by atoms with Crippen molar-refractivity contribution in [2.75, 3.05) is 0 Å². The normalized spacial score (nSPS) is 11.6. The zero-order valence-electron chi connectivity index (χ0n) is 10.7. The van der Waals surface area contributed by atoms with Gasteiger partial charge in [-0.3, -0.25) is 4.79 Å². The van der Waals surface area contributed by atoms with Crippen LogP contribution in [0.5, 0.6) is 0 Å². The van der Waals surface area contributed by atoms with Crippen LogP contribution in [0.3, 0.4) is 0 Å². The average Bonchev–Trinajstić information content (AvgIpc) is 2.32. The van der Waals surface area contributed by atoms with Crippen molar-refractivity contribution in [1.29, 1.82) is 0 Å². The largest absolute Gasteiger partial charge is 0.481 e. The molecule has 0 spiro atoms. The maximum Gasteiger partial charge on any atom is 0.314 e. The van der Waals surface area contributed by atoms with Crippen LogP contribution in [0.25, 0.3) is 0 Å². The Morgan fingerprint density at radius 3 is 2.11 bits per heavy atom. The predicted octanol–water partition coefficient (Wildman–Crippen LogP) is 4.92. The smallest absolute Gasteiger partial charge is 0.314 e. The predicted molar refractivity (Wildman–Crippen MR) is 75.6 cm³/mol. The first-order chi connectivity index (χ1) is 8.47. The van der Waals surface area contributed by atoms with Gasteiger partial charge in [0.15, 0.2) is 0 Å². The van der Waals surface area contributed by atoms with E-state index >= 15 is 0 Å². The summed E-state index contributed by atoms with van der Waals surface area (Å²) >= 11 is 11.9. The van der Waals surface area contributed by atoms with Gasteiger partial charge in [0.05, 0.1) is 15.5 Å². The fourth-order valence-corrected chi connectivity index (χ4v) is 2.70. The van der Waals surface area contributed by atoms with E-state index in [1.807, 2.05) is 13.8 Å². The molecular formula is C14H18Cl2O2. The summed E-state index contributed by atoms with van der Waals surface area (Å²) in [6.07, 6.45) is 2.83. The standard InChI is InChI=1S/C14H18Cl2O2/c1-3-7-14(8-4-2,13(17)18)10-5-6-11(15)12(16)9-10/h5-6,9H,3-4,7-8H2,1-2H3,(H,17,18). The van der Waals surface area contributed by atoms with Gasteiger partial charge in [-0.15, -0.1) is 0 Å². The molecule has 0 aliphatic heterocycles. The second kappa shape index (κ2) is 6.44. The Morgan fingerprint density at radius 1 is 1.17 bits per heavy atom. The number of carboxylic acids is 1. The number of rotatable bonds is 6. The number of hydrogen-bond donors (Lipinski definition) is 1. The molecule has 4 heteroatoms. The molecule has 18 heavy (non-hydrogen) atoms. The van der Waals surface area contributed by atoms with E-state index < -0.39 is 11.4 Å². The summed E-state index contributed by atoms with van der Waals surface area (Å²) in [4.78, 5) is 11.7. The van der Waals surface area contributed by atoms with Crippen LogP contribution < -0.4 is 0 Å². The molecule has 2 nitrogen and oxygen atoms in total. The van der Waals surface area contributed by atoms with Gasteiger partial charge in [-0.2, -0.15) is 0 Å². The van der Waals surface area contributed by atoms with Gasteiger partial charge >= 0.3 is 5.97 Å². The van der Waals surface area contributed by atoms with Crippen molar-refractivity contribution >= 4 is 29.2 Å². The van der Waals surface area contributed by atoms with Gasteiger partial charge in [0, 0.05) is 0 Å². The van der Waals surface area contributed by atoms with Gasteiger partial charge in [0.25, 0.3) is 0 Å².